The van der Waals surface area contributed by atoms with Crippen LogP contribution in [0.25, 0.3) is 44.6 Å². The molecule has 0 radical (unpaired) electrons. The van der Waals surface area contributed by atoms with Crippen LogP contribution in [0.5, 0.6) is 0 Å². The maximum Gasteiger partial charge on any atom is 0.226 e. The molecule has 1 aliphatic rings. The number of rotatable bonds is 5. The number of hydrogen-bond acceptors (Lipinski definition) is 6. The van der Waals surface area contributed by atoms with Crippen molar-refractivity contribution in [1.29, 1.82) is 0 Å². The summed E-state index contributed by atoms with van der Waals surface area (Å²) in [5.41, 5.74) is 3.96. The minimum atomic E-state index is -0.440. The summed E-state index contributed by atoms with van der Waals surface area (Å²) in [5, 5.41) is 10.5. The number of benzene rings is 1. The normalized spacial score (nSPS) is 14.1. The Hall–Kier alpha value is -4.34. The maximum absolute atomic E-state index is 16.0. The quantitative estimate of drug-likeness (QED) is 0.303. The summed E-state index contributed by atoms with van der Waals surface area (Å²) in [5.74, 6) is 0.562. The number of nitrogens with zero attached hydrogens (tertiary/aromatic N) is 5. The lowest BCUT2D eigenvalue weighted by Gasteiger charge is -2.27. The molecule has 10 heteroatoms. The van der Waals surface area contributed by atoms with Crippen LogP contribution < -0.4 is 10.2 Å². The molecule has 188 valence electrons. The SMILES string of the molecule is CC(C)C(=O)Nc1cncc(-c2ccc3[nH]nc(-c4nc5c(N6CCCCC6)nccc5[nH]4)c3c2F)c1. The molecule has 1 aromatic carbocycles. The lowest BCUT2D eigenvalue weighted by molar-refractivity contribution is -0.118. The van der Waals surface area contributed by atoms with Gasteiger partial charge in [-0.05, 0) is 43.5 Å². The Bertz CT molecular complexity index is 1620. The van der Waals surface area contributed by atoms with Crippen molar-refractivity contribution in [1.82, 2.24) is 30.1 Å². The molecule has 0 aliphatic carbocycles. The molecule has 0 unspecified atom stereocenters. The molecular weight excluding hydrogens is 471 g/mol. The van der Waals surface area contributed by atoms with Crippen LogP contribution in [0.1, 0.15) is 33.1 Å². The van der Waals surface area contributed by atoms with Crippen LogP contribution in [0.2, 0.25) is 0 Å². The Balaban J connectivity index is 1.42. The summed E-state index contributed by atoms with van der Waals surface area (Å²) < 4.78 is 16.0. The van der Waals surface area contributed by atoms with Crippen LogP contribution in [0.3, 0.4) is 0 Å². The molecule has 1 saturated heterocycles. The van der Waals surface area contributed by atoms with E-state index >= 15 is 4.39 Å². The summed E-state index contributed by atoms with van der Waals surface area (Å²) in [7, 11) is 0. The van der Waals surface area contributed by atoms with Gasteiger partial charge in [-0.2, -0.15) is 5.10 Å². The molecule has 4 aromatic heterocycles. The monoisotopic (exact) mass is 498 g/mol. The van der Waals surface area contributed by atoms with Gasteiger partial charge in [-0.25, -0.2) is 14.4 Å². The van der Waals surface area contributed by atoms with Crippen molar-refractivity contribution in [2.45, 2.75) is 33.1 Å². The summed E-state index contributed by atoms with van der Waals surface area (Å²) in [4.78, 5) is 31.3. The molecule has 3 N–H and O–H groups in total. The average molecular weight is 499 g/mol. The second kappa shape index (κ2) is 9.27. The van der Waals surface area contributed by atoms with Crippen LogP contribution in [0.15, 0.2) is 42.9 Å². The largest absolute Gasteiger partial charge is 0.355 e. The highest BCUT2D eigenvalue weighted by atomic mass is 19.1. The van der Waals surface area contributed by atoms with E-state index in [2.05, 4.69) is 35.4 Å². The third kappa shape index (κ3) is 4.18. The molecule has 9 nitrogen and oxygen atoms in total. The van der Waals surface area contributed by atoms with Crippen molar-refractivity contribution in [3.05, 3.63) is 48.7 Å². The number of imidazole rings is 1. The highest BCUT2D eigenvalue weighted by molar-refractivity contribution is 5.98. The van der Waals surface area contributed by atoms with Crippen molar-refractivity contribution in [3.63, 3.8) is 0 Å². The Morgan fingerprint density at radius 3 is 2.76 bits per heavy atom. The molecule has 6 rings (SSSR count). The summed E-state index contributed by atoms with van der Waals surface area (Å²) in [6.07, 6.45) is 8.38. The molecule has 1 fully saturated rings. The fourth-order valence-corrected chi connectivity index (χ4v) is 4.78. The van der Waals surface area contributed by atoms with E-state index < -0.39 is 5.82 Å². The van der Waals surface area contributed by atoms with Crippen molar-refractivity contribution in [2.75, 3.05) is 23.3 Å². The number of H-pyrrole nitrogens is 2. The lowest BCUT2D eigenvalue weighted by atomic mass is 10.0. The van der Waals surface area contributed by atoms with Crippen LogP contribution in [0.4, 0.5) is 15.9 Å². The van der Waals surface area contributed by atoms with Crippen LogP contribution in [0, 0.1) is 11.7 Å². The summed E-state index contributed by atoms with van der Waals surface area (Å²) in [6, 6.07) is 7.06. The highest BCUT2D eigenvalue weighted by Gasteiger charge is 2.22. The van der Waals surface area contributed by atoms with Crippen LogP contribution >= 0.6 is 0 Å². The number of aromatic amines is 2. The number of piperidine rings is 1. The first-order valence-corrected chi connectivity index (χ1v) is 12.5. The third-order valence-electron chi connectivity index (χ3n) is 6.77. The molecule has 5 heterocycles. The van der Waals surface area contributed by atoms with Gasteiger partial charge in [0.05, 0.1) is 28.3 Å². The van der Waals surface area contributed by atoms with Gasteiger partial charge in [-0.15, -0.1) is 0 Å². The fraction of sp³-hybridized carbons (Fsp3) is 0.296. The predicted octanol–water partition coefficient (Wildman–Crippen LogP) is 5.29. The molecular formula is C27H27FN8O. The van der Waals surface area contributed by atoms with Gasteiger partial charge in [0.25, 0.3) is 0 Å². The molecule has 0 spiro atoms. The van der Waals surface area contributed by atoms with Gasteiger partial charge in [0.1, 0.15) is 17.0 Å². The fourth-order valence-electron chi connectivity index (χ4n) is 4.78. The van der Waals surface area contributed by atoms with Gasteiger partial charge < -0.3 is 15.2 Å². The first-order chi connectivity index (χ1) is 18.0. The molecule has 37 heavy (non-hydrogen) atoms. The molecule has 5 aromatic rings. The van der Waals surface area contributed by atoms with Crippen LogP contribution in [-0.4, -0.2) is 49.1 Å². The van der Waals surface area contributed by atoms with E-state index in [4.69, 9.17) is 4.98 Å². The van der Waals surface area contributed by atoms with Gasteiger partial charge in [0.2, 0.25) is 5.91 Å². The number of aromatic nitrogens is 6. The van der Waals surface area contributed by atoms with Crippen molar-refractivity contribution in [3.8, 4) is 22.6 Å². The highest BCUT2D eigenvalue weighted by Crippen LogP contribution is 2.35. The number of carbonyl (C=O) groups is 1. The first-order valence-electron chi connectivity index (χ1n) is 12.5. The zero-order chi connectivity index (χ0) is 25.5. The zero-order valence-electron chi connectivity index (χ0n) is 20.7. The van der Waals surface area contributed by atoms with Gasteiger partial charge in [-0.3, -0.25) is 14.9 Å². The Labute approximate surface area is 212 Å². The summed E-state index contributed by atoms with van der Waals surface area (Å²) in [6.45, 7) is 5.51. The number of hydrogen-bond donors (Lipinski definition) is 3. The minimum absolute atomic E-state index is 0.129. The van der Waals surface area contributed by atoms with E-state index in [1.165, 1.54) is 6.42 Å². The Morgan fingerprint density at radius 2 is 1.95 bits per heavy atom. The number of pyridine rings is 2. The topological polar surface area (TPSA) is 115 Å². The molecule has 1 amide bonds. The van der Waals surface area contributed by atoms with Gasteiger partial charge in [0, 0.05) is 42.5 Å². The van der Waals surface area contributed by atoms with Gasteiger partial charge in [-0.1, -0.05) is 13.8 Å². The van der Waals surface area contributed by atoms with E-state index in [1.807, 2.05) is 19.9 Å². The Morgan fingerprint density at radius 1 is 1.11 bits per heavy atom. The number of amides is 1. The van der Waals surface area contributed by atoms with Crippen molar-refractivity contribution < 1.29 is 9.18 Å². The Kier molecular flexibility index (Phi) is 5.78. The lowest BCUT2D eigenvalue weighted by Crippen LogP contribution is -2.30. The van der Waals surface area contributed by atoms with E-state index in [1.54, 1.807) is 36.8 Å². The standard InChI is InChI=1S/C27H27FN8O/c1-15(2)27(37)31-17-12-16(13-29-14-17)18-6-7-19-21(22(18)28)24(35-34-19)25-32-20-8-9-30-26(23(20)33-25)36-10-4-3-5-11-36/h6-9,12-15H,3-5,10-11H2,1-2H3,(H,31,37)(H,32,33)(H,34,35). The van der Waals surface area contributed by atoms with E-state index in [-0.39, 0.29) is 11.8 Å². The van der Waals surface area contributed by atoms with E-state index in [0.717, 1.165) is 42.8 Å². The smallest absolute Gasteiger partial charge is 0.226 e. The predicted molar refractivity (Wildman–Crippen MR) is 142 cm³/mol. The molecule has 0 bridgehead atoms. The van der Waals surface area contributed by atoms with Crippen LogP contribution in [-0.2, 0) is 4.79 Å². The number of nitrogens with one attached hydrogen (secondary N) is 3. The molecule has 0 saturated carbocycles. The number of anilines is 2. The summed E-state index contributed by atoms with van der Waals surface area (Å²) >= 11 is 0. The minimum Gasteiger partial charge on any atom is -0.355 e. The van der Waals surface area contributed by atoms with E-state index in [0.29, 0.717) is 39.2 Å². The second-order valence-corrected chi connectivity index (χ2v) is 9.69. The number of halogens is 1. The van der Waals surface area contributed by atoms with Gasteiger partial charge >= 0.3 is 0 Å². The van der Waals surface area contributed by atoms with Gasteiger partial charge in [0.15, 0.2) is 11.6 Å². The number of carbonyl (C=O) groups excluding carboxylic acids is 1. The first kappa shape index (κ1) is 23.1. The molecule has 1 aliphatic heterocycles. The zero-order valence-corrected chi connectivity index (χ0v) is 20.7. The van der Waals surface area contributed by atoms with Crippen molar-refractivity contribution in [2.24, 2.45) is 5.92 Å². The maximum atomic E-state index is 16.0. The molecule has 0 atom stereocenters. The number of fused-ring (bicyclic) bond motifs is 2. The average Bonchev–Trinajstić information content (AvgIpc) is 3.54. The third-order valence-corrected chi connectivity index (χ3v) is 6.77. The van der Waals surface area contributed by atoms with Crippen molar-refractivity contribution >= 4 is 39.3 Å². The van der Waals surface area contributed by atoms with E-state index in [9.17, 15) is 4.79 Å². The second-order valence-electron chi connectivity index (χ2n) is 9.69.